The Kier molecular flexibility index (Phi) is 8.33. The van der Waals surface area contributed by atoms with Gasteiger partial charge in [-0.3, -0.25) is 0 Å². The maximum absolute atomic E-state index is 12.1. The molecule has 0 aliphatic carbocycles. The Morgan fingerprint density at radius 3 is 1.83 bits per heavy atom. The van der Waals surface area contributed by atoms with Crippen LogP contribution in [0.2, 0.25) is 0 Å². The van der Waals surface area contributed by atoms with E-state index in [2.05, 4.69) is 30.5 Å². The van der Waals surface area contributed by atoms with E-state index >= 15 is 0 Å². The van der Waals surface area contributed by atoms with Gasteiger partial charge in [0.05, 0.1) is 5.56 Å². The molecule has 3 rings (SSSR count). The summed E-state index contributed by atoms with van der Waals surface area (Å²) < 4.78 is 44.4. The summed E-state index contributed by atoms with van der Waals surface area (Å²) in [7, 11) is -5.88. The van der Waals surface area contributed by atoms with Crippen LogP contribution < -0.4 is 4.74 Å². The van der Waals surface area contributed by atoms with Crippen molar-refractivity contribution in [2.45, 2.75) is 10.6 Å². The van der Waals surface area contributed by atoms with Crippen LogP contribution in [0, 0.1) is 0 Å². The SMILES string of the molecule is C[S+](Cc1ccccc1)c1ccc(OC(=O)c2ccccc2)cc1.F[B-](F)(F)F. The van der Waals surface area contributed by atoms with E-state index in [-0.39, 0.29) is 16.9 Å². The zero-order valence-corrected chi connectivity index (χ0v) is 16.4. The summed E-state index contributed by atoms with van der Waals surface area (Å²) in [6, 6.07) is 27.3. The van der Waals surface area contributed by atoms with Crippen LogP contribution in [0.5, 0.6) is 5.75 Å². The lowest BCUT2D eigenvalue weighted by molar-refractivity contribution is 0.0734. The van der Waals surface area contributed by atoms with Crippen molar-refractivity contribution in [1.29, 1.82) is 0 Å². The molecule has 3 aromatic carbocycles. The topological polar surface area (TPSA) is 26.3 Å². The quantitative estimate of drug-likeness (QED) is 0.165. The van der Waals surface area contributed by atoms with Crippen molar-refractivity contribution >= 4 is 24.1 Å². The fourth-order valence-corrected chi connectivity index (χ4v) is 3.85. The van der Waals surface area contributed by atoms with Gasteiger partial charge in [0.1, 0.15) is 17.8 Å². The Bertz CT molecular complexity index is 882. The third kappa shape index (κ3) is 8.87. The predicted molar refractivity (Wildman–Crippen MR) is 110 cm³/mol. The molecule has 0 saturated heterocycles. The van der Waals surface area contributed by atoms with Crippen molar-refractivity contribution < 1.29 is 26.8 Å². The van der Waals surface area contributed by atoms with Crippen LogP contribution in [0.15, 0.2) is 89.8 Å². The summed E-state index contributed by atoms with van der Waals surface area (Å²) in [5, 5.41) is 0. The van der Waals surface area contributed by atoms with Crippen molar-refractivity contribution in [1.82, 2.24) is 0 Å². The molecule has 1 unspecified atom stereocenters. The first-order valence-electron chi connectivity index (χ1n) is 8.63. The summed E-state index contributed by atoms with van der Waals surface area (Å²) in [4.78, 5) is 13.3. The lowest BCUT2D eigenvalue weighted by atomic mass is 10.2. The Labute approximate surface area is 170 Å². The molecule has 1 atom stereocenters. The number of hydrogen-bond donors (Lipinski definition) is 0. The van der Waals surface area contributed by atoms with Gasteiger partial charge in [0.25, 0.3) is 0 Å². The van der Waals surface area contributed by atoms with Crippen LogP contribution in [0.4, 0.5) is 17.3 Å². The molecule has 0 spiro atoms. The molecule has 0 fully saturated rings. The number of carbonyl (C=O) groups is 1. The highest BCUT2D eigenvalue weighted by atomic mass is 32.2. The molecule has 0 aliphatic heterocycles. The molecule has 2 nitrogen and oxygen atoms in total. The third-order valence-corrected chi connectivity index (χ3v) is 5.52. The van der Waals surface area contributed by atoms with Gasteiger partial charge < -0.3 is 22.0 Å². The van der Waals surface area contributed by atoms with Gasteiger partial charge in [-0.1, -0.05) is 48.5 Å². The van der Waals surface area contributed by atoms with Crippen molar-refractivity contribution in [2.75, 3.05) is 6.26 Å². The number of benzene rings is 3. The van der Waals surface area contributed by atoms with E-state index in [0.717, 1.165) is 5.75 Å². The van der Waals surface area contributed by atoms with Crippen molar-refractivity contribution in [3.8, 4) is 5.75 Å². The average Bonchev–Trinajstić information content (AvgIpc) is 2.69. The average molecular weight is 422 g/mol. The highest BCUT2D eigenvalue weighted by Gasteiger charge is 2.20. The molecule has 0 amide bonds. The molecule has 0 heterocycles. The fraction of sp³-hybridized carbons (Fsp3) is 0.0952. The Balaban J connectivity index is 0.000000537. The highest BCUT2D eigenvalue weighted by Crippen LogP contribution is 2.21. The van der Waals surface area contributed by atoms with E-state index < -0.39 is 7.25 Å². The maximum atomic E-state index is 12.1. The van der Waals surface area contributed by atoms with Crippen molar-refractivity contribution in [3.63, 3.8) is 0 Å². The first kappa shape index (κ1) is 22.6. The minimum atomic E-state index is -6.00. The van der Waals surface area contributed by atoms with Gasteiger partial charge in [-0.25, -0.2) is 4.79 Å². The second kappa shape index (κ2) is 10.7. The molecule has 3 aromatic rings. The Hall–Kier alpha value is -2.74. The molecular formula is C21H19BF4O2S. The molecule has 0 aromatic heterocycles. The fourth-order valence-electron chi connectivity index (χ4n) is 2.39. The van der Waals surface area contributed by atoms with E-state index in [9.17, 15) is 22.1 Å². The summed E-state index contributed by atoms with van der Waals surface area (Å²) >= 11 is 0. The largest absolute Gasteiger partial charge is 0.673 e. The second-order valence-electron chi connectivity index (χ2n) is 5.99. The Morgan fingerprint density at radius 2 is 1.31 bits per heavy atom. The molecule has 0 aliphatic rings. The van der Waals surface area contributed by atoms with Crippen molar-refractivity contribution in [2.24, 2.45) is 0 Å². The van der Waals surface area contributed by atoms with E-state index in [0.29, 0.717) is 11.3 Å². The van der Waals surface area contributed by atoms with E-state index in [1.807, 2.05) is 48.5 Å². The highest BCUT2D eigenvalue weighted by molar-refractivity contribution is 7.95. The number of rotatable bonds is 5. The van der Waals surface area contributed by atoms with Gasteiger partial charge in [-0.05, 0) is 36.4 Å². The molecule has 8 heteroatoms. The molecule has 152 valence electrons. The van der Waals surface area contributed by atoms with Gasteiger partial charge in [-0.15, -0.1) is 0 Å². The van der Waals surface area contributed by atoms with Gasteiger partial charge >= 0.3 is 13.2 Å². The minimum absolute atomic E-state index is 0.118. The summed E-state index contributed by atoms with van der Waals surface area (Å²) in [6.07, 6.45) is 2.23. The van der Waals surface area contributed by atoms with Crippen LogP contribution in [-0.2, 0) is 16.6 Å². The van der Waals surface area contributed by atoms with Crippen LogP contribution in [0.1, 0.15) is 15.9 Å². The summed E-state index contributed by atoms with van der Waals surface area (Å²) in [5.41, 5.74) is 1.89. The maximum Gasteiger partial charge on any atom is 0.673 e. The molecule has 0 N–H and O–H groups in total. The smallest absolute Gasteiger partial charge is 0.423 e. The molecule has 0 radical (unpaired) electrons. The van der Waals surface area contributed by atoms with Crippen LogP contribution in [0.3, 0.4) is 0 Å². The number of ether oxygens (including phenoxy) is 1. The van der Waals surface area contributed by atoms with E-state index in [1.165, 1.54) is 10.5 Å². The molecule has 29 heavy (non-hydrogen) atoms. The standard InChI is InChI=1S/C21H19O2S.BF4/c1-24(16-17-8-4-2-5-9-17)20-14-12-19(13-15-20)23-21(22)18-10-6-3-7-11-18;2-1(3,4)5/h2-15H,16H2,1H3;/q+1;-1. The van der Waals surface area contributed by atoms with E-state index in [1.54, 1.807) is 12.1 Å². The molecule has 0 bridgehead atoms. The predicted octanol–water partition coefficient (Wildman–Crippen LogP) is 6.01. The van der Waals surface area contributed by atoms with Crippen molar-refractivity contribution in [3.05, 3.63) is 96.1 Å². The first-order chi connectivity index (χ1) is 13.7. The van der Waals surface area contributed by atoms with Gasteiger partial charge in [0.2, 0.25) is 0 Å². The Morgan fingerprint density at radius 1 is 0.828 bits per heavy atom. The van der Waals surface area contributed by atoms with E-state index in [4.69, 9.17) is 4.74 Å². The number of halogens is 4. The second-order valence-corrected chi connectivity index (χ2v) is 8.02. The normalized spacial score (nSPS) is 11.8. The number of hydrogen-bond acceptors (Lipinski definition) is 2. The first-order valence-corrected chi connectivity index (χ1v) is 10.4. The lowest BCUT2D eigenvalue weighted by Gasteiger charge is -2.06. The molecule has 0 saturated carbocycles. The third-order valence-electron chi connectivity index (χ3n) is 3.67. The van der Waals surface area contributed by atoms with Gasteiger partial charge in [0.15, 0.2) is 4.90 Å². The lowest BCUT2D eigenvalue weighted by Crippen LogP contribution is -2.08. The zero-order chi connectivity index (χ0) is 21.3. The number of carbonyl (C=O) groups excluding carboxylic acids is 1. The zero-order valence-electron chi connectivity index (χ0n) is 15.6. The number of esters is 1. The van der Waals surface area contributed by atoms with Gasteiger partial charge in [-0.2, -0.15) is 0 Å². The monoisotopic (exact) mass is 422 g/mol. The van der Waals surface area contributed by atoms with Crippen LogP contribution >= 0.6 is 0 Å². The van der Waals surface area contributed by atoms with Gasteiger partial charge in [0, 0.05) is 16.5 Å². The molecular weight excluding hydrogens is 403 g/mol. The summed E-state index contributed by atoms with van der Waals surface area (Å²) in [6.45, 7) is 0. The summed E-state index contributed by atoms with van der Waals surface area (Å²) in [5.74, 6) is 1.26. The minimum Gasteiger partial charge on any atom is -0.423 e. The van der Waals surface area contributed by atoms with Crippen LogP contribution in [0.25, 0.3) is 0 Å². The van der Waals surface area contributed by atoms with Crippen LogP contribution in [-0.4, -0.2) is 19.5 Å².